The Labute approximate surface area is 114 Å². The summed E-state index contributed by atoms with van der Waals surface area (Å²) in [6.45, 7) is 2.65. The first-order chi connectivity index (χ1) is 9.06. The van der Waals surface area contributed by atoms with Gasteiger partial charge in [-0.05, 0) is 19.1 Å². The molecule has 0 radical (unpaired) electrons. The second-order valence-electron chi connectivity index (χ2n) is 4.06. The number of nitrogens with one attached hydrogen (secondary N) is 1. The number of rotatable bonds is 5. The zero-order valence-electron chi connectivity index (χ0n) is 10.2. The van der Waals surface area contributed by atoms with Crippen LogP contribution in [0.15, 0.2) is 28.8 Å². The van der Waals surface area contributed by atoms with Gasteiger partial charge in [-0.25, -0.2) is 0 Å². The number of nitro benzene ring substituents is 1. The summed E-state index contributed by atoms with van der Waals surface area (Å²) in [4.78, 5) is 10.5. The van der Waals surface area contributed by atoms with Crippen molar-refractivity contribution >= 4 is 17.3 Å². The molecule has 19 heavy (non-hydrogen) atoms. The lowest BCUT2D eigenvalue weighted by Gasteiger charge is -2.04. The Bertz CT molecular complexity index is 598. The number of halogens is 1. The van der Waals surface area contributed by atoms with E-state index in [1.54, 1.807) is 19.1 Å². The van der Waals surface area contributed by atoms with E-state index < -0.39 is 4.92 Å². The van der Waals surface area contributed by atoms with Crippen LogP contribution in [0.25, 0.3) is 0 Å². The van der Waals surface area contributed by atoms with Gasteiger partial charge >= 0.3 is 0 Å². The molecular formula is C12H12ClN3O3. The summed E-state index contributed by atoms with van der Waals surface area (Å²) in [5, 5.41) is 18.2. The van der Waals surface area contributed by atoms with Crippen molar-refractivity contribution in [2.45, 2.75) is 20.0 Å². The third kappa shape index (κ3) is 3.52. The fraction of sp³-hybridized carbons (Fsp3) is 0.250. The first kappa shape index (κ1) is 13.5. The molecule has 1 aromatic carbocycles. The van der Waals surface area contributed by atoms with Crippen LogP contribution in [0.4, 0.5) is 5.69 Å². The molecule has 0 saturated carbocycles. The zero-order valence-corrected chi connectivity index (χ0v) is 11.0. The zero-order chi connectivity index (χ0) is 13.8. The minimum absolute atomic E-state index is 0.0105. The fourth-order valence-corrected chi connectivity index (χ4v) is 1.85. The number of aromatic nitrogens is 1. The molecule has 0 unspecified atom stereocenters. The summed E-state index contributed by atoms with van der Waals surface area (Å²) in [6, 6.07) is 6.43. The topological polar surface area (TPSA) is 81.2 Å². The van der Waals surface area contributed by atoms with Gasteiger partial charge in [0.05, 0.1) is 10.6 Å². The third-order valence-corrected chi connectivity index (χ3v) is 2.78. The standard InChI is InChI=1S/C12H12ClN3O3/c1-8-4-11(15-19-8)7-14-6-9-2-3-10(13)5-12(9)16(17)18/h2-5,14H,6-7H2,1H3. The van der Waals surface area contributed by atoms with Gasteiger partial charge in [-0.1, -0.05) is 16.8 Å². The SMILES string of the molecule is Cc1cc(CNCc2ccc(Cl)cc2[N+](=O)[O-])no1. The van der Waals surface area contributed by atoms with Gasteiger partial charge in [-0.15, -0.1) is 0 Å². The Morgan fingerprint density at radius 1 is 1.42 bits per heavy atom. The number of nitro groups is 1. The molecular weight excluding hydrogens is 270 g/mol. The van der Waals surface area contributed by atoms with E-state index in [0.717, 1.165) is 11.5 Å². The van der Waals surface area contributed by atoms with E-state index in [1.807, 2.05) is 6.07 Å². The van der Waals surface area contributed by atoms with Gasteiger partial charge in [-0.2, -0.15) is 0 Å². The fourth-order valence-electron chi connectivity index (χ4n) is 1.68. The number of benzene rings is 1. The summed E-state index contributed by atoms with van der Waals surface area (Å²) >= 11 is 5.75. The van der Waals surface area contributed by atoms with Crippen molar-refractivity contribution in [2.75, 3.05) is 0 Å². The van der Waals surface area contributed by atoms with Gasteiger partial charge in [0, 0.05) is 35.8 Å². The van der Waals surface area contributed by atoms with Crippen LogP contribution < -0.4 is 5.32 Å². The normalized spacial score (nSPS) is 10.6. The molecule has 0 aliphatic heterocycles. The predicted molar refractivity (Wildman–Crippen MR) is 69.9 cm³/mol. The maximum Gasteiger partial charge on any atom is 0.275 e. The molecule has 0 atom stereocenters. The summed E-state index contributed by atoms with van der Waals surface area (Å²) in [5.41, 5.74) is 1.35. The van der Waals surface area contributed by atoms with Gasteiger partial charge in [0.1, 0.15) is 5.76 Å². The Hall–Kier alpha value is -1.92. The molecule has 2 rings (SSSR count). The molecule has 1 heterocycles. The lowest BCUT2D eigenvalue weighted by atomic mass is 10.2. The molecule has 100 valence electrons. The van der Waals surface area contributed by atoms with Gasteiger partial charge < -0.3 is 9.84 Å². The van der Waals surface area contributed by atoms with Crippen LogP contribution in [-0.4, -0.2) is 10.1 Å². The van der Waals surface area contributed by atoms with Crippen molar-refractivity contribution in [1.82, 2.24) is 10.5 Å². The second-order valence-corrected chi connectivity index (χ2v) is 4.50. The minimum Gasteiger partial charge on any atom is -0.361 e. The van der Waals surface area contributed by atoms with Crippen LogP contribution in [0.5, 0.6) is 0 Å². The first-order valence-corrected chi connectivity index (χ1v) is 6.00. The van der Waals surface area contributed by atoms with Crippen LogP contribution in [0.2, 0.25) is 5.02 Å². The highest BCUT2D eigenvalue weighted by molar-refractivity contribution is 6.30. The van der Waals surface area contributed by atoms with E-state index in [1.165, 1.54) is 6.07 Å². The van der Waals surface area contributed by atoms with Crippen LogP contribution in [0.3, 0.4) is 0 Å². The van der Waals surface area contributed by atoms with E-state index in [0.29, 0.717) is 23.7 Å². The van der Waals surface area contributed by atoms with Crippen molar-refractivity contribution in [3.05, 3.63) is 56.4 Å². The van der Waals surface area contributed by atoms with Crippen molar-refractivity contribution < 1.29 is 9.45 Å². The highest BCUT2D eigenvalue weighted by atomic mass is 35.5. The van der Waals surface area contributed by atoms with Crippen LogP contribution in [0, 0.1) is 17.0 Å². The van der Waals surface area contributed by atoms with Gasteiger partial charge in [-0.3, -0.25) is 10.1 Å². The summed E-state index contributed by atoms with van der Waals surface area (Å²) < 4.78 is 4.93. The highest BCUT2D eigenvalue weighted by Crippen LogP contribution is 2.23. The highest BCUT2D eigenvalue weighted by Gasteiger charge is 2.13. The van der Waals surface area contributed by atoms with Crippen LogP contribution >= 0.6 is 11.6 Å². The van der Waals surface area contributed by atoms with E-state index in [4.69, 9.17) is 16.1 Å². The average Bonchev–Trinajstić information content (AvgIpc) is 2.77. The molecule has 2 aromatic rings. The van der Waals surface area contributed by atoms with E-state index in [-0.39, 0.29) is 5.69 Å². The first-order valence-electron chi connectivity index (χ1n) is 5.62. The number of nitrogens with zero attached hydrogens (tertiary/aromatic N) is 2. The number of hydrogen-bond donors (Lipinski definition) is 1. The van der Waals surface area contributed by atoms with Crippen molar-refractivity contribution in [3.8, 4) is 0 Å². The van der Waals surface area contributed by atoms with Gasteiger partial charge in [0.25, 0.3) is 5.69 Å². The molecule has 0 bridgehead atoms. The Morgan fingerprint density at radius 3 is 2.84 bits per heavy atom. The molecule has 0 amide bonds. The molecule has 1 N–H and O–H groups in total. The van der Waals surface area contributed by atoms with Crippen LogP contribution in [-0.2, 0) is 13.1 Å². The molecule has 7 heteroatoms. The maximum absolute atomic E-state index is 10.9. The number of hydrogen-bond acceptors (Lipinski definition) is 5. The Kier molecular flexibility index (Phi) is 4.13. The molecule has 0 fully saturated rings. The largest absolute Gasteiger partial charge is 0.361 e. The monoisotopic (exact) mass is 281 g/mol. The maximum atomic E-state index is 10.9. The lowest BCUT2D eigenvalue weighted by Crippen LogP contribution is -2.14. The Balaban J connectivity index is 2.01. The summed E-state index contributed by atoms with van der Waals surface area (Å²) in [5.74, 6) is 0.731. The predicted octanol–water partition coefficient (Wildman–Crippen LogP) is 2.83. The van der Waals surface area contributed by atoms with Gasteiger partial charge in [0.15, 0.2) is 0 Å². The molecule has 0 aliphatic rings. The molecule has 6 nitrogen and oxygen atoms in total. The van der Waals surface area contributed by atoms with Crippen LogP contribution in [0.1, 0.15) is 17.0 Å². The summed E-state index contributed by atoms with van der Waals surface area (Å²) in [7, 11) is 0. The van der Waals surface area contributed by atoms with Crippen molar-refractivity contribution in [2.24, 2.45) is 0 Å². The lowest BCUT2D eigenvalue weighted by molar-refractivity contribution is -0.385. The Morgan fingerprint density at radius 2 is 2.21 bits per heavy atom. The second kappa shape index (κ2) is 5.81. The molecule has 0 saturated heterocycles. The van der Waals surface area contributed by atoms with E-state index >= 15 is 0 Å². The smallest absolute Gasteiger partial charge is 0.275 e. The van der Waals surface area contributed by atoms with E-state index in [2.05, 4.69) is 10.5 Å². The van der Waals surface area contributed by atoms with Crippen molar-refractivity contribution in [3.63, 3.8) is 0 Å². The molecule has 0 aliphatic carbocycles. The van der Waals surface area contributed by atoms with E-state index in [9.17, 15) is 10.1 Å². The van der Waals surface area contributed by atoms with Crippen molar-refractivity contribution in [1.29, 1.82) is 0 Å². The average molecular weight is 282 g/mol. The molecule has 0 spiro atoms. The number of aryl methyl sites for hydroxylation is 1. The minimum atomic E-state index is -0.441. The quantitative estimate of drug-likeness (QED) is 0.673. The summed E-state index contributed by atoms with van der Waals surface area (Å²) in [6.07, 6.45) is 0. The third-order valence-electron chi connectivity index (χ3n) is 2.54. The van der Waals surface area contributed by atoms with Gasteiger partial charge in [0.2, 0.25) is 0 Å². The molecule has 1 aromatic heterocycles.